The predicted octanol–water partition coefficient (Wildman–Crippen LogP) is -0.505. The molecule has 88 valence electrons. The maximum absolute atomic E-state index is 11.9. The summed E-state index contributed by atoms with van der Waals surface area (Å²) < 4.78 is 4.38. The van der Waals surface area contributed by atoms with Crippen LogP contribution in [0.2, 0.25) is 0 Å². The van der Waals surface area contributed by atoms with Crippen LogP contribution in [0.4, 0.5) is 5.82 Å². The lowest BCUT2D eigenvalue weighted by atomic mass is 10.0. The Labute approximate surface area is 92.2 Å². The van der Waals surface area contributed by atoms with Crippen LogP contribution < -0.4 is 5.73 Å². The number of hydrogen-bond donors (Lipinski definition) is 2. The number of anilines is 1. The number of carbonyl (C=O) groups is 1. The van der Waals surface area contributed by atoms with E-state index >= 15 is 0 Å². The van der Waals surface area contributed by atoms with Gasteiger partial charge in [-0.05, 0) is 23.7 Å². The van der Waals surface area contributed by atoms with E-state index in [1.165, 1.54) is 0 Å². The lowest BCUT2D eigenvalue weighted by Crippen LogP contribution is -2.31. The van der Waals surface area contributed by atoms with Crippen LogP contribution in [-0.4, -0.2) is 45.4 Å². The summed E-state index contributed by atoms with van der Waals surface area (Å²) in [5.41, 5.74) is 5.49. The van der Waals surface area contributed by atoms with E-state index in [1.807, 2.05) is 0 Å². The van der Waals surface area contributed by atoms with Crippen molar-refractivity contribution in [1.82, 2.24) is 15.2 Å². The van der Waals surface area contributed by atoms with Gasteiger partial charge in [0.1, 0.15) is 0 Å². The molecule has 0 aromatic carbocycles. The molecule has 1 aromatic heterocycles. The van der Waals surface area contributed by atoms with Crippen LogP contribution in [0.25, 0.3) is 0 Å². The second kappa shape index (κ2) is 4.09. The van der Waals surface area contributed by atoms with Crippen LogP contribution in [0.3, 0.4) is 0 Å². The van der Waals surface area contributed by atoms with E-state index in [-0.39, 0.29) is 23.3 Å². The van der Waals surface area contributed by atoms with Crippen LogP contribution in [0.5, 0.6) is 0 Å². The first-order valence-corrected chi connectivity index (χ1v) is 5.15. The highest BCUT2D eigenvalue weighted by molar-refractivity contribution is 5.96. The molecule has 1 saturated heterocycles. The van der Waals surface area contributed by atoms with E-state index in [9.17, 15) is 9.90 Å². The molecule has 0 radical (unpaired) electrons. The largest absolute Gasteiger partial charge is 0.393 e. The van der Waals surface area contributed by atoms with Crippen molar-refractivity contribution in [3.05, 3.63) is 5.69 Å². The fourth-order valence-corrected chi connectivity index (χ4v) is 1.86. The number of nitrogens with two attached hydrogens (primary N) is 1. The van der Waals surface area contributed by atoms with Gasteiger partial charge in [-0.2, -0.15) is 0 Å². The zero-order valence-electron chi connectivity index (χ0n) is 8.96. The first-order valence-electron chi connectivity index (χ1n) is 5.15. The molecule has 7 heteroatoms. The summed E-state index contributed by atoms with van der Waals surface area (Å²) in [5.74, 6) is -0.169. The van der Waals surface area contributed by atoms with E-state index in [0.717, 1.165) is 6.42 Å². The summed E-state index contributed by atoms with van der Waals surface area (Å²) >= 11 is 0. The van der Waals surface area contributed by atoms with Gasteiger partial charge in [-0.3, -0.25) is 4.79 Å². The average Bonchev–Trinajstić information content (AvgIpc) is 2.84. The van der Waals surface area contributed by atoms with Gasteiger partial charge in [-0.15, -0.1) is 0 Å². The number of likely N-dealkylation sites (tertiary alicyclic amines) is 1. The van der Waals surface area contributed by atoms with Gasteiger partial charge in [-0.25, -0.2) is 4.63 Å². The maximum Gasteiger partial charge on any atom is 0.280 e. The molecule has 0 spiro atoms. The van der Waals surface area contributed by atoms with Crippen LogP contribution in [-0.2, 0) is 0 Å². The first-order chi connectivity index (χ1) is 7.59. The van der Waals surface area contributed by atoms with E-state index in [0.29, 0.717) is 13.1 Å². The molecule has 1 aliphatic heterocycles. The standard InChI is InChI=1S/C9H14N4O3/c1-5(14)6-2-3-13(4-6)9(15)7-8(10)12-16-11-7/h5-6,14H,2-4H2,1H3,(H2,10,12). The number of nitrogen functional groups attached to an aromatic ring is 1. The molecule has 16 heavy (non-hydrogen) atoms. The van der Waals surface area contributed by atoms with E-state index in [2.05, 4.69) is 14.9 Å². The minimum atomic E-state index is -0.411. The molecular weight excluding hydrogens is 212 g/mol. The molecule has 2 atom stereocenters. The van der Waals surface area contributed by atoms with Crippen molar-refractivity contribution in [3.63, 3.8) is 0 Å². The van der Waals surface area contributed by atoms with E-state index in [4.69, 9.17) is 5.73 Å². The highest BCUT2D eigenvalue weighted by atomic mass is 16.6. The summed E-state index contributed by atoms with van der Waals surface area (Å²) in [6.45, 7) is 2.84. The molecule has 1 aromatic rings. The normalized spacial score (nSPS) is 22.4. The van der Waals surface area contributed by atoms with Crippen molar-refractivity contribution in [1.29, 1.82) is 0 Å². The summed E-state index contributed by atoms with van der Waals surface area (Å²) in [6, 6.07) is 0. The molecule has 1 amide bonds. The molecule has 1 fully saturated rings. The number of rotatable bonds is 2. The lowest BCUT2D eigenvalue weighted by molar-refractivity contribution is 0.0752. The highest BCUT2D eigenvalue weighted by Gasteiger charge is 2.31. The van der Waals surface area contributed by atoms with Gasteiger partial charge in [0.05, 0.1) is 6.10 Å². The fraction of sp³-hybridized carbons (Fsp3) is 0.667. The third kappa shape index (κ3) is 1.85. The summed E-state index contributed by atoms with van der Waals surface area (Å²) in [4.78, 5) is 13.5. The lowest BCUT2D eigenvalue weighted by Gasteiger charge is -2.16. The zero-order chi connectivity index (χ0) is 11.7. The molecular formula is C9H14N4O3. The molecule has 1 aliphatic rings. The summed E-state index contributed by atoms with van der Waals surface area (Å²) in [5, 5.41) is 16.3. The predicted molar refractivity (Wildman–Crippen MR) is 54.4 cm³/mol. The molecule has 3 N–H and O–H groups in total. The van der Waals surface area contributed by atoms with Gasteiger partial charge in [0.25, 0.3) is 5.91 Å². The number of hydrogen-bond acceptors (Lipinski definition) is 6. The van der Waals surface area contributed by atoms with Crippen molar-refractivity contribution in [3.8, 4) is 0 Å². The number of nitrogens with zero attached hydrogens (tertiary/aromatic N) is 3. The van der Waals surface area contributed by atoms with Gasteiger partial charge in [-0.1, -0.05) is 0 Å². The minimum Gasteiger partial charge on any atom is -0.393 e. The monoisotopic (exact) mass is 226 g/mol. The van der Waals surface area contributed by atoms with Gasteiger partial charge >= 0.3 is 0 Å². The second-order valence-electron chi connectivity index (χ2n) is 4.04. The number of aliphatic hydroxyl groups is 1. The van der Waals surface area contributed by atoms with Gasteiger partial charge < -0.3 is 15.7 Å². The molecule has 2 heterocycles. The number of aromatic nitrogens is 2. The Balaban J connectivity index is 2.05. The third-order valence-corrected chi connectivity index (χ3v) is 2.91. The summed E-state index contributed by atoms with van der Waals surface area (Å²) in [7, 11) is 0. The van der Waals surface area contributed by atoms with Crippen molar-refractivity contribution < 1.29 is 14.5 Å². The van der Waals surface area contributed by atoms with Gasteiger partial charge in [0.15, 0.2) is 0 Å². The number of carbonyl (C=O) groups excluding carboxylic acids is 1. The molecule has 2 rings (SSSR count). The Morgan fingerprint density at radius 2 is 2.44 bits per heavy atom. The van der Waals surface area contributed by atoms with E-state index in [1.54, 1.807) is 11.8 Å². The zero-order valence-corrected chi connectivity index (χ0v) is 8.96. The van der Waals surface area contributed by atoms with Gasteiger partial charge in [0.2, 0.25) is 11.5 Å². The fourth-order valence-electron chi connectivity index (χ4n) is 1.86. The van der Waals surface area contributed by atoms with Crippen LogP contribution in [0.15, 0.2) is 4.63 Å². The SMILES string of the molecule is CC(O)C1CCN(C(=O)c2nonc2N)C1. The van der Waals surface area contributed by atoms with Crippen LogP contribution in [0, 0.1) is 5.92 Å². The van der Waals surface area contributed by atoms with Crippen molar-refractivity contribution in [2.24, 2.45) is 5.92 Å². The van der Waals surface area contributed by atoms with Crippen LogP contribution >= 0.6 is 0 Å². The Hall–Kier alpha value is -1.63. The Morgan fingerprint density at radius 1 is 1.69 bits per heavy atom. The third-order valence-electron chi connectivity index (χ3n) is 2.91. The molecule has 7 nitrogen and oxygen atoms in total. The van der Waals surface area contributed by atoms with Gasteiger partial charge in [0, 0.05) is 19.0 Å². The maximum atomic E-state index is 11.9. The Kier molecular flexibility index (Phi) is 2.78. The molecule has 2 unspecified atom stereocenters. The number of amides is 1. The van der Waals surface area contributed by atoms with Crippen molar-refractivity contribution in [2.45, 2.75) is 19.4 Å². The number of aliphatic hydroxyl groups excluding tert-OH is 1. The quantitative estimate of drug-likeness (QED) is 0.703. The van der Waals surface area contributed by atoms with E-state index < -0.39 is 6.10 Å². The summed E-state index contributed by atoms with van der Waals surface area (Å²) in [6.07, 6.45) is 0.375. The highest BCUT2D eigenvalue weighted by Crippen LogP contribution is 2.21. The molecule has 0 bridgehead atoms. The van der Waals surface area contributed by atoms with Crippen molar-refractivity contribution in [2.75, 3.05) is 18.8 Å². The smallest absolute Gasteiger partial charge is 0.280 e. The van der Waals surface area contributed by atoms with Crippen LogP contribution in [0.1, 0.15) is 23.8 Å². The Bertz CT molecular complexity index is 390. The minimum absolute atomic E-state index is 0.00509. The topological polar surface area (TPSA) is 105 Å². The molecule has 0 aliphatic carbocycles. The first kappa shape index (κ1) is 10.9. The van der Waals surface area contributed by atoms with Crippen molar-refractivity contribution >= 4 is 11.7 Å². The molecule has 0 saturated carbocycles. The Morgan fingerprint density at radius 3 is 2.94 bits per heavy atom. The average molecular weight is 226 g/mol. The second-order valence-corrected chi connectivity index (χ2v) is 4.04.